The highest BCUT2D eigenvalue weighted by molar-refractivity contribution is 5.80. The van der Waals surface area contributed by atoms with Gasteiger partial charge in [0.2, 0.25) is 5.91 Å². The van der Waals surface area contributed by atoms with Crippen molar-refractivity contribution >= 4 is 5.91 Å². The van der Waals surface area contributed by atoms with E-state index in [1.54, 1.807) is 13.8 Å². The lowest BCUT2D eigenvalue weighted by Gasteiger charge is -2.36. The van der Waals surface area contributed by atoms with Gasteiger partial charge in [0.25, 0.3) is 0 Å². The highest BCUT2D eigenvalue weighted by Gasteiger charge is 2.38. The van der Waals surface area contributed by atoms with Crippen molar-refractivity contribution < 1.29 is 37.3 Å². The third-order valence-electron chi connectivity index (χ3n) is 5.57. The molecule has 6 nitrogen and oxygen atoms in total. The van der Waals surface area contributed by atoms with Crippen molar-refractivity contribution in [2.24, 2.45) is 5.92 Å². The van der Waals surface area contributed by atoms with Crippen molar-refractivity contribution in [2.45, 2.75) is 82.8 Å². The Bertz CT molecular complexity index is 741. The van der Waals surface area contributed by atoms with Gasteiger partial charge >= 0.3 is 6.61 Å². The van der Waals surface area contributed by atoms with Crippen LogP contribution in [0.5, 0.6) is 11.5 Å². The van der Waals surface area contributed by atoms with Crippen LogP contribution >= 0.6 is 0 Å². The smallest absolute Gasteiger partial charge is 0.387 e. The maximum Gasteiger partial charge on any atom is 0.387 e. The fourth-order valence-corrected chi connectivity index (χ4v) is 3.84. The first-order valence-corrected chi connectivity index (χ1v) is 10.6. The van der Waals surface area contributed by atoms with Crippen molar-refractivity contribution in [1.29, 1.82) is 0 Å². The van der Waals surface area contributed by atoms with Gasteiger partial charge in [-0.2, -0.15) is 8.78 Å². The van der Waals surface area contributed by atoms with Gasteiger partial charge in [-0.25, -0.2) is 4.39 Å². The fourth-order valence-electron chi connectivity index (χ4n) is 3.84. The largest absolute Gasteiger partial charge is 0.486 e. The molecule has 2 saturated carbocycles. The SMILES string of the molecule is CC(C)(O)CO[C@H]1CC[C@H](NC(=O)[C@H]2C[C@H](Oc3cc(F)ccc3OC(F)F)C2)CC1. The number of carbonyl (C=O) groups excluding carboxylic acids is 1. The molecule has 0 spiro atoms. The first kappa shape index (κ1) is 23.7. The van der Waals surface area contributed by atoms with Gasteiger partial charge in [-0.15, -0.1) is 0 Å². The average molecular weight is 445 g/mol. The van der Waals surface area contributed by atoms with E-state index in [2.05, 4.69) is 10.1 Å². The quantitative estimate of drug-likeness (QED) is 0.605. The van der Waals surface area contributed by atoms with Crippen molar-refractivity contribution in [3.63, 3.8) is 0 Å². The molecular formula is C22H30F3NO5. The Balaban J connectivity index is 1.39. The van der Waals surface area contributed by atoms with E-state index in [1.165, 1.54) is 0 Å². The Morgan fingerprint density at radius 1 is 1.16 bits per heavy atom. The van der Waals surface area contributed by atoms with Crippen molar-refractivity contribution in [1.82, 2.24) is 5.32 Å². The van der Waals surface area contributed by atoms with Gasteiger partial charge < -0.3 is 24.6 Å². The third kappa shape index (κ3) is 7.28. The number of ether oxygens (including phenoxy) is 3. The standard InChI is InChI=1S/C22H30F3NO5/c1-22(2,28)12-29-16-6-4-15(5-7-16)26-20(27)13-9-17(10-13)30-19-11-14(23)3-8-18(19)31-21(24)25/h3,8,11,13,15-17,21,28H,4-7,9-10,12H2,1-2H3,(H,26,27)/t13-,15-,16-,17-. The minimum Gasteiger partial charge on any atom is -0.486 e. The van der Waals surface area contributed by atoms with Crippen LogP contribution in [-0.2, 0) is 9.53 Å². The molecular weight excluding hydrogens is 415 g/mol. The van der Waals surface area contributed by atoms with Crippen molar-refractivity contribution in [2.75, 3.05) is 6.61 Å². The Kier molecular flexibility index (Phi) is 7.69. The average Bonchev–Trinajstić information content (AvgIpc) is 2.64. The van der Waals surface area contributed by atoms with E-state index in [0.717, 1.165) is 43.9 Å². The second kappa shape index (κ2) is 10.1. The van der Waals surface area contributed by atoms with E-state index in [1.807, 2.05) is 0 Å². The van der Waals surface area contributed by atoms with Gasteiger partial charge in [-0.05, 0) is 64.5 Å². The molecule has 0 saturated heterocycles. The van der Waals surface area contributed by atoms with Crippen LogP contribution < -0.4 is 14.8 Å². The number of halogens is 3. The van der Waals surface area contributed by atoms with Gasteiger partial charge in [0.1, 0.15) is 11.9 Å². The topological polar surface area (TPSA) is 77.0 Å². The second-order valence-corrected chi connectivity index (χ2v) is 8.98. The lowest BCUT2D eigenvalue weighted by Crippen LogP contribution is -2.48. The predicted octanol–water partition coefficient (Wildman–Crippen LogP) is 3.80. The first-order chi connectivity index (χ1) is 14.6. The van der Waals surface area contributed by atoms with Crippen LogP contribution in [0, 0.1) is 11.7 Å². The number of nitrogens with one attached hydrogen (secondary N) is 1. The zero-order valence-electron chi connectivity index (χ0n) is 17.8. The van der Waals surface area contributed by atoms with E-state index < -0.39 is 18.0 Å². The summed E-state index contributed by atoms with van der Waals surface area (Å²) in [5.74, 6) is -1.21. The summed E-state index contributed by atoms with van der Waals surface area (Å²) in [6, 6.07) is 3.21. The molecule has 2 aliphatic carbocycles. The molecule has 0 unspecified atom stereocenters. The summed E-state index contributed by atoms with van der Waals surface area (Å²) in [5, 5.41) is 12.8. The van der Waals surface area contributed by atoms with E-state index in [9.17, 15) is 23.1 Å². The van der Waals surface area contributed by atoms with Gasteiger partial charge in [0.05, 0.1) is 18.3 Å². The van der Waals surface area contributed by atoms with Gasteiger partial charge in [0.15, 0.2) is 11.5 Å². The van der Waals surface area contributed by atoms with E-state index >= 15 is 0 Å². The van der Waals surface area contributed by atoms with Gasteiger partial charge in [0, 0.05) is 18.0 Å². The maximum atomic E-state index is 13.4. The van der Waals surface area contributed by atoms with E-state index in [-0.39, 0.29) is 48.2 Å². The Morgan fingerprint density at radius 3 is 2.45 bits per heavy atom. The molecule has 9 heteroatoms. The summed E-state index contributed by atoms with van der Waals surface area (Å²) in [7, 11) is 0. The highest BCUT2D eigenvalue weighted by Crippen LogP contribution is 2.37. The molecule has 174 valence electrons. The lowest BCUT2D eigenvalue weighted by atomic mass is 9.81. The Labute approximate surface area is 180 Å². The van der Waals surface area contributed by atoms with Crippen LogP contribution in [0.25, 0.3) is 0 Å². The number of carbonyl (C=O) groups is 1. The number of alkyl halides is 2. The molecule has 2 N–H and O–H groups in total. The zero-order valence-corrected chi connectivity index (χ0v) is 17.8. The number of aliphatic hydroxyl groups is 1. The van der Waals surface area contributed by atoms with Gasteiger partial charge in [-0.3, -0.25) is 4.79 Å². The molecule has 31 heavy (non-hydrogen) atoms. The molecule has 2 aliphatic rings. The molecule has 1 aromatic rings. The van der Waals surface area contributed by atoms with Crippen LogP contribution in [0.2, 0.25) is 0 Å². The van der Waals surface area contributed by atoms with E-state index in [0.29, 0.717) is 12.8 Å². The monoisotopic (exact) mass is 445 g/mol. The summed E-state index contributed by atoms with van der Waals surface area (Å²) in [6.07, 6.45) is 3.87. The number of hydrogen-bond donors (Lipinski definition) is 2. The van der Waals surface area contributed by atoms with Crippen LogP contribution in [0.15, 0.2) is 18.2 Å². The molecule has 3 rings (SSSR count). The molecule has 2 fully saturated rings. The lowest BCUT2D eigenvalue weighted by molar-refractivity contribution is -0.132. The number of amides is 1. The molecule has 1 amide bonds. The molecule has 0 radical (unpaired) electrons. The van der Waals surface area contributed by atoms with Crippen molar-refractivity contribution in [3.05, 3.63) is 24.0 Å². The van der Waals surface area contributed by atoms with Crippen molar-refractivity contribution in [3.8, 4) is 11.5 Å². The number of rotatable bonds is 9. The second-order valence-electron chi connectivity index (χ2n) is 8.98. The summed E-state index contributed by atoms with van der Waals surface area (Å²) in [6.45, 7) is 0.654. The Morgan fingerprint density at radius 2 is 1.84 bits per heavy atom. The van der Waals surface area contributed by atoms with Crippen LogP contribution in [-0.4, -0.2) is 48.1 Å². The minimum atomic E-state index is -3.04. The van der Waals surface area contributed by atoms with Crippen LogP contribution in [0.4, 0.5) is 13.2 Å². The predicted molar refractivity (Wildman–Crippen MR) is 107 cm³/mol. The summed E-state index contributed by atoms with van der Waals surface area (Å²) >= 11 is 0. The number of hydrogen-bond acceptors (Lipinski definition) is 5. The fraction of sp³-hybridized carbons (Fsp3) is 0.682. The molecule has 0 bridgehead atoms. The first-order valence-electron chi connectivity index (χ1n) is 10.6. The summed E-state index contributed by atoms with van der Waals surface area (Å²) < 4.78 is 54.1. The highest BCUT2D eigenvalue weighted by atomic mass is 19.3. The number of benzene rings is 1. The molecule has 0 aromatic heterocycles. The third-order valence-corrected chi connectivity index (χ3v) is 5.57. The summed E-state index contributed by atoms with van der Waals surface area (Å²) in [4.78, 5) is 12.5. The van der Waals surface area contributed by atoms with Gasteiger partial charge in [-0.1, -0.05) is 0 Å². The summed E-state index contributed by atoms with van der Waals surface area (Å²) in [5.41, 5.74) is -0.855. The van der Waals surface area contributed by atoms with E-state index in [4.69, 9.17) is 9.47 Å². The van der Waals surface area contributed by atoms with Crippen LogP contribution in [0.3, 0.4) is 0 Å². The normalized spacial score (nSPS) is 26.3. The Hall–Kier alpha value is -2.00. The molecule has 0 aliphatic heterocycles. The van der Waals surface area contributed by atoms with Crippen LogP contribution in [0.1, 0.15) is 52.4 Å². The molecule has 0 atom stereocenters. The molecule has 0 heterocycles. The maximum absolute atomic E-state index is 13.4. The molecule has 1 aromatic carbocycles. The zero-order chi connectivity index (χ0) is 22.6. The minimum absolute atomic E-state index is 0.0518.